The van der Waals surface area contributed by atoms with Gasteiger partial charge in [0.15, 0.2) is 0 Å². The number of hydrogen-bond donors (Lipinski definition) is 1. The van der Waals surface area contributed by atoms with Crippen molar-refractivity contribution in [1.29, 1.82) is 0 Å². The summed E-state index contributed by atoms with van der Waals surface area (Å²) in [5.41, 5.74) is 3.39. The minimum Gasteiger partial charge on any atom is -0.326 e. The average molecular weight is 324 g/mol. The van der Waals surface area contributed by atoms with Crippen molar-refractivity contribution in [2.24, 2.45) is 0 Å². The predicted octanol–water partition coefficient (Wildman–Crippen LogP) is 4.22. The summed E-state index contributed by atoms with van der Waals surface area (Å²) < 4.78 is 0. The molecule has 0 aromatic heterocycles. The molecule has 126 valence electrons. The standard InChI is InChI=1S/C20H24N2O2/c1-14(23)21-17-10-12-18(13-11-17)22(5)19(24)15-6-8-16(9-7-15)20(2,3)4/h6-13H,1-5H3,(H,21,23). The predicted molar refractivity (Wildman–Crippen MR) is 98.6 cm³/mol. The molecule has 4 heteroatoms. The van der Waals surface area contributed by atoms with Crippen LogP contribution in [0.4, 0.5) is 11.4 Å². The van der Waals surface area contributed by atoms with Crippen LogP contribution in [0.2, 0.25) is 0 Å². The van der Waals surface area contributed by atoms with Gasteiger partial charge in [0.05, 0.1) is 0 Å². The van der Waals surface area contributed by atoms with Crippen molar-refractivity contribution in [2.75, 3.05) is 17.3 Å². The Balaban J connectivity index is 2.15. The highest BCUT2D eigenvalue weighted by Crippen LogP contribution is 2.23. The molecular formula is C20H24N2O2. The molecule has 0 unspecified atom stereocenters. The lowest BCUT2D eigenvalue weighted by atomic mass is 9.86. The van der Waals surface area contributed by atoms with Crippen molar-refractivity contribution in [3.05, 3.63) is 59.7 Å². The lowest BCUT2D eigenvalue weighted by molar-refractivity contribution is -0.114. The van der Waals surface area contributed by atoms with Crippen LogP contribution in [-0.2, 0) is 10.2 Å². The molecule has 4 nitrogen and oxygen atoms in total. The van der Waals surface area contributed by atoms with E-state index in [-0.39, 0.29) is 17.2 Å². The molecule has 0 bridgehead atoms. The molecule has 24 heavy (non-hydrogen) atoms. The van der Waals surface area contributed by atoms with Crippen LogP contribution in [-0.4, -0.2) is 18.9 Å². The Morgan fingerprint density at radius 3 is 1.92 bits per heavy atom. The highest BCUT2D eigenvalue weighted by atomic mass is 16.2. The van der Waals surface area contributed by atoms with Crippen LogP contribution in [0.1, 0.15) is 43.6 Å². The van der Waals surface area contributed by atoms with E-state index in [1.807, 2.05) is 36.4 Å². The van der Waals surface area contributed by atoms with Crippen molar-refractivity contribution in [1.82, 2.24) is 0 Å². The Kier molecular flexibility index (Phi) is 5.07. The molecule has 2 amide bonds. The van der Waals surface area contributed by atoms with E-state index in [0.717, 1.165) is 5.69 Å². The molecule has 0 aliphatic carbocycles. The van der Waals surface area contributed by atoms with E-state index in [1.54, 1.807) is 24.1 Å². The summed E-state index contributed by atoms with van der Waals surface area (Å²) in [6.07, 6.45) is 0. The van der Waals surface area contributed by atoms with E-state index in [4.69, 9.17) is 0 Å². The number of rotatable bonds is 3. The summed E-state index contributed by atoms with van der Waals surface area (Å²) in [4.78, 5) is 25.3. The van der Waals surface area contributed by atoms with Gasteiger partial charge >= 0.3 is 0 Å². The molecule has 2 aromatic carbocycles. The Hall–Kier alpha value is -2.62. The SMILES string of the molecule is CC(=O)Nc1ccc(N(C)C(=O)c2ccc(C(C)(C)C)cc2)cc1. The van der Waals surface area contributed by atoms with E-state index in [9.17, 15) is 9.59 Å². The molecule has 0 heterocycles. The fourth-order valence-corrected chi connectivity index (χ4v) is 2.40. The van der Waals surface area contributed by atoms with Gasteiger partial charge in [0.25, 0.3) is 5.91 Å². The molecule has 2 aromatic rings. The Morgan fingerprint density at radius 1 is 0.917 bits per heavy atom. The molecule has 0 aliphatic rings. The van der Waals surface area contributed by atoms with Gasteiger partial charge in [-0.2, -0.15) is 0 Å². The maximum atomic E-state index is 12.6. The average Bonchev–Trinajstić information content (AvgIpc) is 2.53. The third kappa shape index (κ3) is 4.22. The highest BCUT2D eigenvalue weighted by molar-refractivity contribution is 6.05. The van der Waals surface area contributed by atoms with E-state index in [2.05, 4.69) is 26.1 Å². The van der Waals surface area contributed by atoms with Gasteiger partial charge in [-0.15, -0.1) is 0 Å². The molecule has 0 radical (unpaired) electrons. The quantitative estimate of drug-likeness (QED) is 0.919. The van der Waals surface area contributed by atoms with Gasteiger partial charge < -0.3 is 10.2 Å². The van der Waals surface area contributed by atoms with Crippen LogP contribution in [0.3, 0.4) is 0 Å². The molecule has 1 N–H and O–H groups in total. The van der Waals surface area contributed by atoms with E-state index in [0.29, 0.717) is 11.3 Å². The first-order valence-electron chi connectivity index (χ1n) is 7.95. The highest BCUT2D eigenvalue weighted by Gasteiger charge is 2.17. The lowest BCUT2D eigenvalue weighted by Crippen LogP contribution is -2.26. The number of carbonyl (C=O) groups is 2. The zero-order valence-corrected chi connectivity index (χ0v) is 14.9. The summed E-state index contributed by atoms with van der Waals surface area (Å²) in [6.45, 7) is 7.90. The fourth-order valence-electron chi connectivity index (χ4n) is 2.40. The van der Waals surface area contributed by atoms with Crippen molar-refractivity contribution < 1.29 is 9.59 Å². The van der Waals surface area contributed by atoms with Crippen LogP contribution in [0, 0.1) is 0 Å². The van der Waals surface area contributed by atoms with Gasteiger partial charge in [-0.05, 0) is 47.4 Å². The number of anilines is 2. The Morgan fingerprint density at radius 2 is 1.46 bits per heavy atom. The molecule has 0 aliphatic heterocycles. The first-order valence-corrected chi connectivity index (χ1v) is 7.95. The third-order valence-corrected chi connectivity index (χ3v) is 3.88. The smallest absolute Gasteiger partial charge is 0.258 e. The number of carbonyl (C=O) groups excluding carboxylic acids is 2. The topological polar surface area (TPSA) is 49.4 Å². The summed E-state index contributed by atoms with van der Waals surface area (Å²) in [5, 5.41) is 2.71. The number of nitrogens with one attached hydrogen (secondary N) is 1. The normalized spacial score (nSPS) is 11.0. The van der Waals surface area contributed by atoms with Gasteiger partial charge in [-0.25, -0.2) is 0 Å². The number of nitrogens with zero attached hydrogens (tertiary/aromatic N) is 1. The maximum absolute atomic E-state index is 12.6. The van der Waals surface area contributed by atoms with Gasteiger partial charge in [0.2, 0.25) is 5.91 Å². The maximum Gasteiger partial charge on any atom is 0.258 e. The van der Waals surface area contributed by atoms with E-state index in [1.165, 1.54) is 12.5 Å². The van der Waals surface area contributed by atoms with Gasteiger partial charge in [-0.1, -0.05) is 32.9 Å². The fraction of sp³-hybridized carbons (Fsp3) is 0.300. The van der Waals surface area contributed by atoms with Crippen LogP contribution in [0.5, 0.6) is 0 Å². The lowest BCUT2D eigenvalue weighted by Gasteiger charge is -2.21. The summed E-state index contributed by atoms with van der Waals surface area (Å²) >= 11 is 0. The first-order chi connectivity index (χ1) is 11.2. The summed E-state index contributed by atoms with van der Waals surface area (Å²) in [5.74, 6) is -0.186. The molecule has 0 saturated carbocycles. The monoisotopic (exact) mass is 324 g/mol. The molecular weight excluding hydrogens is 300 g/mol. The second-order valence-electron chi connectivity index (χ2n) is 6.92. The van der Waals surface area contributed by atoms with E-state index < -0.39 is 0 Å². The molecule has 2 rings (SSSR count). The molecule has 0 fully saturated rings. The number of benzene rings is 2. The van der Waals surface area contributed by atoms with Crippen LogP contribution in [0.15, 0.2) is 48.5 Å². The number of hydrogen-bond acceptors (Lipinski definition) is 2. The van der Waals surface area contributed by atoms with Crippen molar-refractivity contribution in [2.45, 2.75) is 33.1 Å². The number of amides is 2. The van der Waals surface area contributed by atoms with Gasteiger partial charge in [0.1, 0.15) is 0 Å². The van der Waals surface area contributed by atoms with Crippen molar-refractivity contribution in [3.8, 4) is 0 Å². The van der Waals surface area contributed by atoms with E-state index >= 15 is 0 Å². The molecule has 0 atom stereocenters. The summed E-state index contributed by atoms with van der Waals surface area (Å²) in [7, 11) is 1.74. The Labute approximate surface area is 143 Å². The van der Waals surface area contributed by atoms with Crippen LogP contribution >= 0.6 is 0 Å². The molecule has 0 spiro atoms. The van der Waals surface area contributed by atoms with Gasteiger partial charge in [0, 0.05) is 30.9 Å². The minimum atomic E-state index is -0.119. The summed E-state index contributed by atoms with van der Waals surface area (Å²) in [6, 6.07) is 14.9. The first kappa shape index (κ1) is 17.7. The van der Waals surface area contributed by atoms with Crippen molar-refractivity contribution >= 4 is 23.2 Å². The molecule has 0 saturated heterocycles. The van der Waals surface area contributed by atoms with Crippen LogP contribution < -0.4 is 10.2 Å². The van der Waals surface area contributed by atoms with Crippen molar-refractivity contribution in [3.63, 3.8) is 0 Å². The third-order valence-electron chi connectivity index (χ3n) is 3.88. The zero-order chi connectivity index (χ0) is 17.9. The van der Waals surface area contributed by atoms with Crippen LogP contribution in [0.25, 0.3) is 0 Å². The van der Waals surface area contributed by atoms with Gasteiger partial charge in [-0.3, -0.25) is 9.59 Å². The largest absolute Gasteiger partial charge is 0.326 e. The second kappa shape index (κ2) is 6.87. The zero-order valence-electron chi connectivity index (χ0n) is 14.9. The Bertz CT molecular complexity index is 726. The minimum absolute atomic E-state index is 0.0625. The second-order valence-corrected chi connectivity index (χ2v) is 6.92.